The highest BCUT2D eigenvalue weighted by Crippen LogP contribution is 2.40. The Balaban J connectivity index is 1.75. The third-order valence-corrected chi connectivity index (χ3v) is 5.43. The van der Waals surface area contributed by atoms with E-state index in [0.29, 0.717) is 6.54 Å². The molecule has 1 aliphatic heterocycles. The van der Waals surface area contributed by atoms with Gasteiger partial charge in [-0.1, -0.05) is 6.07 Å². The van der Waals surface area contributed by atoms with E-state index >= 15 is 0 Å². The van der Waals surface area contributed by atoms with Gasteiger partial charge in [0.1, 0.15) is 17.0 Å². The molecule has 2 amide bonds. The number of carbonyl (C=O) groups is 1. The Bertz CT molecular complexity index is 648. The van der Waals surface area contributed by atoms with E-state index in [0.717, 1.165) is 22.8 Å². The van der Waals surface area contributed by atoms with Crippen LogP contribution in [0.15, 0.2) is 35.7 Å². The molecule has 1 fully saturated rings. The highest BCUT2D eigenvalue weighted by molar-refractivity contribution is 7.99. The van der Waals surface area contributed by atoms with Gasteiger partial charge in [-0.2, -0.15) is 0 Å². The Morgan fingerprint density at radius 1 is 1.33 bits per heavy atom. The van der Waals surface area contributed by atoms with Gasteiger partial charge in [0.25, 0.3) is 0 Å². The number of rotatable bonds is 2. The van der Waals surface area contributed by atoms with Crippen LogP contribution in [0.2, 0.25) is 0 Å². The van der Waals surface area contributed by atoms with Gasteiger partial charge < -0.3 is 10.2 Å². The average Bonchev–Trinajstić information content (AvgIpc) is 3.10. The highest BCUT2D eigenvalue weighted by atomic mass is 32.2. The van der Waals surface area contributed by atoms with Crippen LogP contribution in [0.3, 0.4) is 0 Å². The minimum atomic E-state index is -0.775. The van der Waals surface area contributed by atoms with E-state index in [-0.39, 0.29) is 17.1 Å². The van der Waals surface area contributed by atoms with Gasteiger partial charge in [0.15, 0.2) is 0 Å². The fourth-order valence-corrected chi connectivity index (χ4v) is 4.36. The fraction of sp³-hybridized carbons (Fsp3) is 0.214. The Morgan fingerprint density at radius 2 is 2.19 bits per heavy atom. The van der Waals surface area contributed by atoms with E-state index < -0.39 is 11.6 Å². The molecule has 1 aromatic heterocycles. The number of benzene rings is 1. The van der Waals surface area contributed by atoms with E-state index in [1.807, 2.05) is 17.5 Å². The van der Waals surface area contributed by atoms with E-state index in [9.17, 15) is 13.6 Å². The van der Waals surface area contributed by atoms with Crippen molar-refractivity contribution >= 4 is 34.8 Å². The summed E-state index contributed by atoms with van der Waals surface area (Å²) in [6.45, 7) is 0.599. The van der Waals surface area contributed by atoms with Crippen molar-refractivity contribution in [2.24, 2.45) is 0 Å². The quantitative estimate of drug-likeness (QED) is 0.892. The van der Waals surface area contributed by atoms with Gasteiger partial charge in [-0.05, 0) is 23.6 Å². The van der Waals surface area contributed by atoms with Crippen molar-refractivity contribution in [1.82, 2.24) is 4.90 Å². The smallest absolute Gasteiger partial charge is 0.307 e. The van der Waals surface area contributed by atoms with E-state index in [2.05, 4.69) is 5.32 Å². The van der Waals surface area contributed by atoms with Crippen LogP contribution in [-0.4, -0.2) is 23.2 Å². The number of urea groups is 1. The molecule has 2 aromatic rings. The molecular formula is C14H12F2N2OS2. The molecule has 1 N–H and O–H groups in total. The summed E-state index contributed by atoms with van der Waals surface area (Å²) in [7, 11) is 0. The molecule has 0 unspecified atom stereocenters. The number of amides is 2. The molecule has 2 heterocycles. The van der Waals surface area contributed by atoms with Crippen LogP contribution in [-0.2, 0) is 0 Å². The molecule has 1 aliphatic rings. The normalized spacial score (nSPS) is 18.0. The van der Waals surface area contributed by atoms with Crippen molar-refractivity contribution in [3.8, 4) is 0 Å². The summed E-state index contributed by atoms with van der Waals surface area (Å²) in [6, 6.07) is 6.65. The van der Waals surface area contributed by atoms with Crippen molar-refractivity contribution < 1.29 is 13.6 Å². The van der Waals surface area contributed by atoms with Gasteiger partial charge in [-0.25, -0.2) is 13.6 Å². The van der Waals surface area contributed by atoms with Crippen LogP contribution in [0.1, 0.15) is 10.3 Å². The zero-order valence-electron chi connectivity index (χ0n) is 10.9. The van der Waals surface area contributed by atoms with Crippen LogP contribution in [0.5, 0.6) is 0 Å². The summed E-state index contributed by atoms with van der Waals surface area (Å²) < 4.78 is 26.5. The highest BCUT2D eigenvalue weighted by Gasteiger charge is 2.31. The minimum absolute atomic E-state index is 0.0109. The van der Waals surface area contributed by atoms with Gasteiger partial charge in [0, 0.05) is 23.2 Å². The monoisotopic (exact) mass is 326 g/mol. The lowest BCUT2D eigenvalue weighted by molar-refractivity contribution is 0.214. The van der Waals surface area contributed by atoms with Crippen molar-refractivity contribution in [2.75, 3.05) is 17.6 Å². The zero-order chi connectivity index (χ0) is 14.8. The second-order valence-corrected chi connectivity index (χ2v) is 6.65. The number of nitrogens with zero attached hydrogens (tertiary/aromatic N) is 1. The lowest BCUT2D eigenvalue weighted by atomic mass is 10.3. The summed E-state index contributed by atoms with van der Waals surface area (Å²) in [5, 5.41) is 4.42. The molecule has 0 bridgehead atoms. The maximum atomic E-state index is 13.6. The third-order valence-electron chi connectivity index (χ3n) is 3.11. The molecule has 1 aromatic carbocycles. The Kier molecular flexibility index (Phi) is 4.12. The molecule has 7 heteroatoms. The van der Waals surface area contributed by atoms with Crippen LogP contribution in [0.4, 0.5) is 19.3 Å². The first-order valence-electron chi connectivity index (χ1n) is 6.33. The number of thioether (sulfide) groups is 1. The second kappa shape index (κ2) is 6.03. The average molecular weight is 326 g/mol. The van der Waals surface area contributed by atoms with Gasteiger partial charge in [0.2, 0.25) is 0 Å². The number of halogens is 2. The number of nitrogens with one attached hydrogen (secondary N) is 1. The summed E-state index contributed by atoms with van der Waals surface area (Å²) in [4.78, 5) is 15.1. The summed E-state index contributed by atoms with van der Waals surface area (Å²) in [5.41, 5.74) is -0.0109. The molecular weight excluding hydrogens is 314 g/mol. The lowest BCUT2D eigenvalue weighted by Crippen LogP contribution is -2.34. The molecule has 3 nitrogen and oxygen atoms in total. The van der Waals surface area contributed by atoms with Crippen molar-refractivity contribution in [3.63, 3.8) is 0 Å². The third kappa shape index (κ3) is 3.03. The first-order chi connectivity index (χ1) is 10.1. The molecule has 3 rings (SSSR count). The summed E-state index contributed by atoms with van der Waals surface area (Å²) in [5.74, 6) is -0.608. The van der Waals surface area contributed by atoms with Gasteiger partial charge in [-0.3, -0.25) is 0 Å². The molecule has 0 aliphatic carbocycles. The summed E-state index contributed by atoms with van der Waals surface area (Å²) >= 11 is 3.26. The molecule has 0 saturated carbocycles. The Hall–Kier alpha value is -1.60. The fourth-order valence-electron chi connectivity index (χ4n) is 2.12. The van der Waals surface area contributed by atoms with Gasteiger partial charge in [0.05, 0.1) is 5.69 Å². The largest absolute Gasteiger partial charge is 0.323 e. The van der Waals surface area contributed by atoms with Crippen molar-refractivity contribution in [1.29, 1.82) is 0 Å². The predicted molar refractivity (Wildman–Crippen MR) is 81.6 cm³/mol. The number of hydrogen-bond acceptors (Lipinski definition) is 3. The Labute approximate surface area is 129 Å². The topological polar surface area (TPSA) is 32.3 Å². The van der Waals surface area contributed by atoms with Crippen LogP contribution in [0, 0.1) is 11.6 Å². The van der Waals surface area contributed by atoms with Crippen molar-refractivity contribution in [2.45, 2.75) is 5.37 Å². The maximum Gasteiger partial charge on any atom is 0.323 e. The number of thiophene rings is 1. The van der Waals surface area contributed by atoms with Crippen LogP contribution < -0.4 is 5.32 Å². The van der Waals surface area contributed by atoms with E-state index in [1.165, 1.54) is 6.07 Å². The second-order valence-electron chi connectivity index (χ2n) is 4.49. The first kappa shape index (κ1) is 14.3. The van der Waals surface area contributed by atoms with Crippen LogP contribution >= 0.6 is 23.1 Å². The molecule has 0 spiro atoms. The van der Waals surface area contributed by atoms with Gasteiger partial charge in [-0.15, -0.1) is 23.1 Å². The Morgan fingerprint density at radius 3 is 2.90 bits per heavy atom. The van der Waals surface area contributed by atoms with Crippen LogP contribution in [0.25, 0.3) is 0 Å². The molecule has 1 atom stereocenters. The summed E-state index contributed by atoms with van der Waals surface area (Å²) in [6.07, 6.45) is 0. The number of anilines is 1. The van der Waals surface area contributed by atoms with Crippen molar-refractivity contribution in [3.05, 3.63) is 52.2 Å². The lowest BCUT2D eigenvalue weighted by Gasteiger charge is -2.23. The zero-order valence-corrected chi connectivity index (χ0v) is 12.5. The molecule has 21 heavy (non-hydrogen) atoms. The number of carbonyl (C=O) groups excluding carboxylic acids is 1. The van der Waals surface area contributed by atoms with E-state index in [4.69, 9.17) is 0 Å². The maximum absolute atomic E-state index is 13.6. The SMILES string of the molecule is O=C(Nc1ccc(F)cc1F)N1CCS[C@@H]1c1cccs1. The van der Waals surface area contributed by atoms with E-state index in [1.54, 1.807) is 28.0 Å². The predicted octanol–water partition coefficient (Wildman–Crippen LogP) is 4.31. The molecule has 0 radical (unpaired) electrons. The molecule has 110 valence electrons. The minimum Gasteiger partial charge on any atom is -0.307 e. The van der Waals surface area contributed by atoms with Gasteiger partial charge >= 0.3 is 6.03 Å². The molecule has 1 saturated heterocycles. The first-order valence-corrected chi connectivity index (χ1v) is 8.25. The standard InChI is InChI=1S/C14H12F2N2OS2/c15-9-3-4-11(10(16)8-9)17-14(19)18-5-7-21-13(18)12-2-1-6-20-12/h1-4,6,8,13H,5,7H2,(H,17,19)/t13-/m1/s1. The number of hydrogen-bond donors (Lipinski definition) is 1.